The summed E-state index contributed by atoms with van der Waals surface area (Å²) < 4.78 is 0. The third kappa shape index (κ3) is 4.41. The van der Waals surface area contributed by atoms with E-state index in [1.54, 1.807) is 0 Å². The van der Waals surface area contributed by atoms with Crippen LogP contribution in [-0.2, 0) is 18.5 Å². The molecule has 2 N–H and O–H groups in total. The van der Waals surface area contributed by atoms with Crippen molar-refractivity contribution in [1.29, 1.82) is 0 Å². The number of rotatable bonds is 6. The summed E-state index contributed by atoms with van der Waals surface area (Å²) in [5.74, 6) is 0. The van der Waals surface area contributed by atoms with Gasteiger partial charge in [-0.05, 0) is 5.56 Å². The first kappa shape index (κ1) is 15.7. The Balaban J connectivity index is 2.12. The molecule has 0 spiro atoms. The molecule has 114 valence electrons. The minimum atomic E-state index is 0.0451. The maximum absolute atomic E-state index is 9.31. The highest BCUT2D eigenvalue weighted by molar-refractivity contribution is 5.23. The molecule has 0 fully saturated rings. The molecule has 1 heterocycles. The predicted octanol–water partition coefficient (Wildman–Crippen LogP) is 2.70. The molecule has 0 aliphatic rings. The van der Waals surface area contributed by atoms with Crippen LogP contribution in [0.4, 0.5) is 0 Å². The average molecular weight is 287 g/mol. The molecule has 2 aromatic rings. The van der Waals surface area contributed by atoms with Crippen molar-refractivity contribution in [3.05, 3.63) is 53.3 Å². The van der Waals surface area contributed by atoms with Gasteiger partial charge < -0.3 is 5.11 Å². The fourth-order valence-corrected chi connectivity index (χ4v) is 2.52. The molecule has 0 amide bonds. The van der Waals surface area contributed by atoms with Crippen LogP contribution in [0.15, 0.2) is 36.5 Å². The Morgan fingerprint density at radius 2 is 1.86 bits per heavy atom. The van der Waals surface area contributed by atoms with Crippen molar-refractivity contribution >= 4 is 0 Å². The van der Waals surface area contributed by atoms with Crippen LogP contribution in [0.25, 0.3) is 0 Å². The lowest BCUT2D eigenvalue weighted by Gasteiger charge is -2.24. The summed E-state index contributed by atoms with van der Waals surface area (Å²) in [4.78, 5) is 2.25. The smallest absolute Gasteiger partial charge is 0.0558 e. The molecular weight excluding hydrogens is 262 g/mol. The molecule has 0 radical (unpaired) electrons. The first-order valence-electron chi connectivity index (χ1n) is 7.40. The number of benzene rings is 1. The summed E-state index contributed by atoms with van der Waals surface area (Å²) >= 11 is 0. The van der Waals surface area contributed by atoms with Crippen LogP contribution in [0.5, 0.6) is 0 Å². The van der Waals surface area contributed by atoms with Gasteiger partial charge in [-0.25, -0.2) is 0 Å². The quantitative estimate of drug-likeness (QED) is 0.859. The first-order valence-corrected chi connectivity index (χ1v) is 7.40. The van der Waals surface area contributed by atoms with E-state index in [0.29, 0.717) is 6.54 Å². The van der Waals surface area contributed by atoms with E-state index in [1.807, 2.05) is 24.4 Å². The van der Waals surface area contributed by atoms with Gasteiger partial charge in [0, 0.05) is 36.3 Å². The van der Waals surface area contributed by atoms with Gasteiger partial charge in [0.25, 0.3) is 0 Å². The summed E-state index contributed by atoms with van der Waals surface area (Å²) in [6.07, 6.45) is 1.90. The Kier molecular flexibility index (Phi) is 5.15. The van der Waals surface area contributed by atoms with Gasteiger partial charge in [0.05, 0.1) is 12.8 Å². The average Bonchev–Trinajstić information content (AvgIpc) is 2.88. The van der Waals surface area contributed by atoms with E-state index in [0.717, 1.165) is 13.1 Å². The van der Waals surface area contributed by atoms with Gasteiger partial charge in [-0.3, -0.25) is 10.00 Å². The van der Waals surface area contributed by atoms with Crippen LogP contribution in [0.3, 0.4) is 0 Å². The van der Waals surface area contributed by atoms with E-state index in [2.05, 4.69) is 48.0 Å². The van der Waals surface area contributed by atoms with Crippen LogP contribution in [0.1, 0.15) is 37.6 Å². The predicted molar refractivity (Wildman–Crippen MR) is 84.9 cm³/mol. The molecule has 0 saturated heterocycles. The molecule has 0 saturated carbocycles. The summed E-state index contributed by atoms with van der Waals surface area (Å²) in [6.45, 7) is 8.97. The van der Waals surface area contributed by atoms with Crippen molar-refractivity contribution in [2.45, 2.75) is 39.3 Å². The van der Waals surface area contributed by atoms with Gasteiger partial charge in [0.1, 0.15) is 0 Å². The summed E-state index contributed by atoms with van der Waals surface area (Å²) in [7, 11) is 0. The zero-order valence-corrected chi connectivity index (χ0v) is 13.1. The molecular formula is C17H25N3O. The molecule has 21 heavy (non-hydrogen) atoms. The zero-order chi connectivity index (χ0) is 15.3. The highest BCUT2D eigenvalue weighted by Crippen LogP contribution is 2.24. The fourth-order valence-electron chi connectivity index (χ4n) is 2.52. The van der Waals surface area contributed by atoms with Crippen molar-refractivity contribution in [3.63, 3.8) is 0 Å². The number of nitrogens with one attached hydrogen (secondary N) is 1. The van der Waals surface area contributed by atoms with E-state index >= 15 is 0 Å². The molecule has 0 aliphatic heterocycles. The van der Waals surface area contributed by atoms with Crippen LogP contribution in [0, 0.1) is 0 Å². The number of H-pyrrole nitrogens is 1. The largest absolute Gasteiger partial charge is 0.395 e. The lowest BCUT2D eigenvalue weighted by atomic mass is 9.89. The van der Waals surface area contributed by atoms with Crippen molar-refractivity contribution in [2.75, 3.05) is 13.2 Å². The van der Waals surface area contributed by atoms with Crippen molar-refractivity contribution in [2.24, 2.45) is 0 Å². The lowest BCUT2D eigenvalue weighted by Crippen LogP contribution is -2.27. The lowest BCUT2D eigenvalue weighted by molar-refractivity contribution is 0.183. The standard InChI is InChI=1S/C17H25N3O/c1-17(2,3)16-15(11-18-19-16)13-20(9-10-21)12-14-7-5-4-6-8-14/h4-8,11,21H,9-10,12-13H2,1-3H3,(H,18,19). The molecule has 0 aliphatic carbocycles. The Hall–Kier alpha value is -1.65. The maximum atomic E-state index is 9.31. The Morgan fingerprint density at radius 3 is 2.48 bits per heavy atom. The van der Waals surface area contributed by atoms with E-state index in [-0.39, 0.29) is 12.0 Å². The van der Waals surface area contributed by atoms with E-state index in [4.69, 9.17) is 0 Å². The number of aromatic amines is 1. The molecule has 0 atom stereocenters. The van der Waals surface area contributed by atoms with Gasteiger partial charge in [-0.1, -0.05) is 51.1 Å². The second-order valence-corrected chi connectivity index (χ2v) is 6.44. The number of aromatic nitrogens is 2. The fraction of sp³-hybridized carbons (Fsp3) is 0.471. The SMILES string of the molecule is CC(C)(C)c1[nH]ncc1CN(CCO)Cc1ccccc1. The normalized spacial score (nSPS) is 12.0. The van der Waals surface area contributed by atoms with Crippen LogP contribution in [-0.4, -0.2) is 33.4 Å². The number of hydrogen-bond donors (Lipinski definition) is 2. The van der Waals surface area contributed by atoms with E-state index < -0.39 is 0 Å². The van der Waals surface area contributed by atoms with Gasteiger partial charge >= 0.3 is 0 Å². The minimum absolute atomic E-state index is 0.0451. The molecule has 4 heteroatoms. The molecule has 1 aromatic carbocycles. The minimum Gasteiger partial charge on any atom is -0.395 e. The van der Waals surface area contributed by atoms with Crippen LogP contribution in [0.2, 0.25) is 0 Å². The van der Waals surface area contributed by atoms with Crippen molar-refractivity contribution in [3.8, 4) is 0 Å². The van der Waals surface area contributed by atoms with E-state index in [9.17, 15) is 5.11 Å². The van der Waals surface area contributed by atoms with Crippen LogP contribution < -0.4 is 0 Å². The topological polar surface area (TPSA) is 52.2 Å². The molecule has 0 unspecified atom stereocenters. The second-order valence-electron chi connectivity index (χ2n) is 6.44. The Bertz CT molecular complexity index is 543. The highest BCUT2D eigenvalue weighted by Gasteiger charge is 2.21. The number of hydrogen-bond acceptors (Lipinski definition) is 3. The summed E-state index contributed by atoms with van der Waals surface area (Å²) in [6, 6.07) is 10.3. The van der Waals surface area contributed by atoms with Gasteiger partial charge in [-0.15, -0.1) is 0 Å². The summed E-state index contributed by atoms with van der Waals surface area (Å²) in [5, 5.41) is 16.6. The molecule has 2 rings (SSSR count). The van der Waals surface area contributed by atoms with E-state index in [1.165, 1.54) is 16.8 Å². The highest BCUT2D eigenvalue weighted by atomic mass is 16.3. The molecule has 1 aromatic heterocycles. The molecule has 0 bridgehead atoms. The zero-order valence-electron chi connectivity index (χ0n) is 13.1. The van der Waals surface area contributed by atoms with Gasteiger partial charge in [0.15, 0.2) is 0 Å². The molecule has 4 nitrogen and oxygen atoms in total. The Labute approximate surface area is 126 Å². The second kappa shape index (κ2) is 6.87. The van der Waals surface area contributed by atoms with Crippen LogP contribution >= 0.6 is 0 Å². The number of aliphatic hydroxyl groups is 1. The maximum Gasteiger partial charge on any atom is 0.0558 e. The van der Waals surface area contributed by atoms with Crippen molar-refractivity contribution < 1.29 is 5.11 Å². The third-order valence-corrected chi connectivity index (χ3v) is 3.53. The first-order chi connectivity index (χ1) is 10.0. The van der Waals surface area contributed by atoms with Gasteiger partial charge in [0.2, 0.25) is 0 Å². The van der Waals surface area contributed by atoms with Gasteiger partial charge in [-0.2, -0.15) is 5.10 Å². The van der Waals surface area contributed by atoms with Crippen molar-refractivity contribution in [1.82, 2.24) is 15.1 Å². The number of aliphatic hydroxyl groups excluding tert-OH is 1. The monoisotopic (exact) mass is 287 g/mol. The number of nitrogens with zero attached hydrogens (tertiary/aromatic N) is 2. The Morgan fingerprint density at radius 1 is 1.14 bits per heavy atom. The summed E-state index contributed by atoms with van der Waals surface area (Å²) in [5.41, 5.74) is 3.67. The third-order valence-electron chi connectivity index (χ3n) is 3.53.